The molecule has 0 bridgehead atoms. The zero-order valence-electron chi connectivity index (χ0n) is 13.2. The quantitative estimate of drug-likeness (QED) is 0.731. The van der Waals surface area contributed by atoms with Crippen molar-refractivity contribution in [3.8, 4) is 0 Å². The Morgan fingerprint density at radius 2 is 1.88 bits per heavy atom. The van der Waals surface area contributed by atoms with Gasteiger partial charge in [0.1, 0.15) is 5.82 Å². The van der Waals surface area contributed by atoms with Crippen molar-refractivity contribution >= 4 is 23.7 Å². The first-order valence-corrected chi connectivity index (χ1v) is 7.59. The third-order valence-electron chi connectivity index (χ3n) is 4.05. The zero-order valence-corrected chi connectivity index (χ0v) is 13.2. The molecule has 0 aliphatic heterocycles. The van der Waals surface area contributed by atoms with Crippen LogP contribution in [0.25, 0.3) is 0 Å². The number of benzene rings is 1. The van der Waals surface area contributed by atoms with Gasteiger partial charge in [0.05, 0.1) is 24.3 Å². The summed E-state index contributed by atoms with van der Waals surface area (Å²) in [5, 5.41) is 14.0. The molecule has 2 rings (SSSR count). The van der Waals surface area contributed by atoms with Crippen molar-refractivity contribution in [2.75, 3.05) is 12.4 Å². The molecule has 0 unspecified atom stereocenters. The Labute approximate surface area is 138 Å². The van der Waals surface area contributed by atoms with Crippen LogP contribution in [0, 0.1) is 11.7 Å². The van der Waals surface area contributed by atoms with Crippen LogP contribution < -0.4 is 10.6 Å². The molecule has 2 amide bonds. The number of ether oxygens (including phenoxy) is 1. The predicted molar refractivity (Wildman–Crippen MR) is 83.3 cm³/mol. The molecular weight excluding hydrogens is 319 g/mol. The second-order valence-corrected chi connectivity index (χ2v) is 5.67. The molecule has 1 aromatic rings. The lowest BCUT2D eigenvalue weighted by atomic mass is 9.86. The number of methoxy groups -OCH3 is 1. The van der Waals surface area contributed by atoms with Gasteiger partial charge >= 0.3 is 18.0 Å². The Morgan fingerprint density at radius 1 is 1.21 bits per heavy atom. The first kappa shape index (κ1) is 17.7. The summed E-state index contributed by atoms with van der Waals surface area (Å²) in [4.78, 5) is 34.3. The maximum atomic E-state index is 13.8. The first-order valence-electron chi connectivity index (χ1n) is 7.59. The average molecular weight is 338 g/mol. The summed E-state index contributed by atoms with van der Waals surface area (Å²) in [6.45, 7) is 0. The molecule has 0 spiro atoms. The van der Waals surface area contributed by atoms with Gasteiger partial charge in [-0.3, -0.25) is 4.79 Å². The number of nitrogens with one attached hydrogen (secondary N) is 2. The summed E-state index contributed by atoms with van der Waals surface area (Å²) in [6, 6.07) is 2.77. The van der Waals surface area contributed by atoms with E-state index < -0.39 is 23.8 Å². The number of carbonyl (C=O) groups is 3. The van der Waals surface area contributed by atoms with Crippen molar-refractivity contribution in [1.82, 2.24) is 5.32 Å². The smallest absolute Gasteiger partial charge is 0.337 e. The Kier molecular flexibility index (Phi) is 5.73. The molecule has 1 aliphatic carbocycles. The Balaban J connectivity index is 1.93. The zero-order chi connectivity index (χ0) is 17.7. The van der Waals surface area contributed by atoms with Gasteiger partial charge in [-0.25, -0.2) is 14.0 Å². The van der Waals surface area contributed by atoms with E-state index in [1.807, 2.05) is 0 Å². The molecule has 1 aromatic carbocycles. The molecule has 0 saturated heterocycles. The highest BCUT2D eigenvalue weighted by atomic mass is 19.1. The van der Waals surface area contributed by atoms with Crippen LogP contribution in [0.15, 0.2) is 18.2 Å². The van der Waals surface area contributed by atoms with Crippen molar-refractivity contribution in [3.63, 3.8) is 0 Å². The van der Waals surface area contributed by atoms with Crippen molar-refractivity contribution in [2.45, 2.75) is 31.7 Å². The van der Waals surface area contributed by atoms with E-state index in [-0.39, 0.29) is 23.2 Å². The number of carboxylic acids is 1. The van der Waals surface area contributed by atoms with E-state index in [1.54, 1.807) is 0 Å². The fraction of sp³-hybridized carbons (Fsp3) is 0.438. The SMILES string of the molecule is COC(=O)c1ccc(F)c(NC(=O)NC2CCC(C(=O)O)CC2)c1. The topological polar surface area (TPSA) is 105 Å². The molecule has 1 saturated carbocycles. The van der Waals surface area contributed by atoms with E-state index in [9.17, 15) is 18.8 Å². The minimum Gasteiger partial charge on any atom is -0.481 e. The molecule has 3 N–H and O–H groups in total. The molecule has 1 aliphatic rings. The van der Waals surface area contributed by atoms with Gasteiger partial charge in [0.15, 0.2) is 0 Å². The Hall–Kier alpha value is -2.64. The van der Waals surface area contributed by atoms with Gasteiger partial charge in [-0.05, 0) is 43.9 Å². The lowest BCUT2D eigenvalue weighted by Crippen LogP contribution is -2.41. The molecular formula is C16H19FN2O5. The standard InChI is InChI=1S/C16H19FN2O5/c1-24-15(22)10-4-7-12(17)13(8-10)19-16(23)18-11-5-2-9(3-6-11)14(20)21/h4,7-9,11H,2-3,5-6H2,1H3,(H,20,21)(H2,18,19,23). The number of hydrogen-bond acceptors (Lipinski definition) is 4. The monoisotopic (exact) mass is 338 g/mol. The van der Waals surface area contributed by atoms with Gasteiger partial charge in [-0.2, -0.15) is 0 Å². The Morgan fingerprint density at radius 3 is 2.46 bits per heavy atom. The molecule has 0 radical (unpaired) electrons. The number of carbonyl (C=O) groups excluding carboxylic acids is 2. The molecule has 24 heavy (non-hydrogen) atoms. The van der Waals surface area contributed by atoms with Crippen LogP contribution in [-0.2, 0) is 9.53 Å². The number of aliphatic carboxylic acids is 1. The van der Waals surface area contributed by atoms with Crippen molar-refractivity contribution in [3.05, 3.63) is 29.6 Å². The summed E-state index contributed by atoms with van der Waals surface area (Å²) in [6.07, 6.45) is 2.09. The van der Waals surface area contributed by atoms with E-state index in [2.05, 4.69) is 15.4 Å². The second-order valence-electron chi connectivity index (χ2n) is 5.67. The summed E-state index contributed by atoms with van der Waals surface area (Å²) < 4.78 is 18.3. The van der Waals surface area contributed by atoms with Gasteiger partial charge < -0.3 is 20.5 Å². The number of carboxylic acid groups (broad SMARTS) is 1. The number of amides is 2. The van der Waals surface area contributed by atoms with E-state index in [1.165, 1.54) is 19.2 Å². The number of rotatable bonds is 4. The van der Waals surface area contributed by atoms with E-state index in [4.69, 9.17) is 5.11 Å². The van der Waals surface area contributed by atoms with Crippen LogP contribution in [0.3, 0.4) is 0 Å². The summed E-state index contributed by atoms with van der Waals surface area (Å²) in [7, 11) is 1.21. The van der Waals surface area contributed by atoms with Crippen LogP contribution in [-0.4, -0.2) is 36.2 Å². The van der Waals surface area contributed by atoms with Crippen LogP contribution >= 0.6 is 0 Å². The predicted octanol–water partition coefficient (Wildman–Crippen LogP) is 2.38. The number of anilines is 1. The maximum Gasteiger partial charge on any atom is 0.337 e. The van der Waals surface area contributed by atoms with E-state index in [0.29, 0.717) is 25.7 Å². The largest absolute Gasteiger partial charge is 0.481 e. The Bertz CT molecular complexity index is 641. The van der Waals surface area contributed by atoms with Crippen LogP contribution in [0.2, 0.25) is 0 Å². The van der Waals surface area contributed by atoms with Gasteiger partial charge in [0.2, 0.25) is 0 Å². The molecule has 8 heteroatoms. The summed E-state index contributed by atoms with van der Waals surface area (Å²) >= 11 is 0. The fourth-order valence-corrected chi connectivity index (χ4v) is 2.69. The summed E-state index contributed by atoms with van der Waals surface area (Å²) in [5.74, 6) is -2.50. The maximum absolute atomic E-state index is 13.8. The van der Waals surface area contributed by atoms with Gasteiger partial charge in [0, 0.05) is 6.04 Å². The first-order chi connectivity index (χ1) is 11.4. The normalized spacial score (nSPS) is 20.1. The highest BCUT2D eigenvalue weighted by Crippen LogP contribution is 2.24. The minimum absolute atomic E-state index is 0.121. The van der Waals surface area contributed by atoms with Crippen LogP contribution in [0.5, 0.6) is 0 Å². The number of esters is 1. The second kappa shape index (κ2) is 7.76. The third kappa shape index (κ3) is 4.43. The molecule has 1 fully saturated rings. The lowest BCUT2D eigenvalue weighted by Gasteiger charge is -2.26. The van der Waals surface area contributed by atoms with Gasteiger partial charge in [-0.1, -0.05) is 0 Å². The van der Waals surface area contributed by atoms with Crippen molar-refractivity contribution in [1.29, 1.82) is 0 Å². The molecule has 0 heterocycles. The lowest BCUT2D eigenvalue weighted by molar-refractivity contribution is -0.142. The van der Waals surface area contributed by atoms with Crippen molar-refractivity contribution in [2.24, 2.45) is 5.92 Å². The number of urea groups is 1. The highest BCUT2D eigenvalue weighted by Gasteiger charge is 2.26. The molecule has 130 valence electrons. The van der Waals surface area contributed by atoms with Crippen LogP contribution in [0.1, 0.15) is 36.0 Å². The minimum atomic E-state index is -0.820. The molecule has 7 nitrogen and oxygen atoms in total. The highest BCUT2D eigenvalue weighted by molar-refractivity contribution is 5.94. The number of halogens is 1. The van der Waals surface area contributed by atoms with Gasteiger partial charge in [0.25, 0.3) is 0 Å². The summed E-state index contributed by atoms with van der Waals surface area (Å²) in [5.41, 5.74) is -0.00853. The van der Waals surface area contributed by atoms with E-state index in [0.717, 1.165) is 6.07 Å². The molecule has 0 atom stereocenters. The third-order valence-corrected chi connectivity index (χ3v) is 4.05. The average Bonchev–Trinajstić information content (AvgIpc) is 2.56. The van der Waals surface area contributed by atoms with Crippen molar-refractivity contribution < 1.29 is 28.6 Å². The fourth-order valence-electron chi connectivity index (χ4n) is 2.69. The number of hydrogen-bond donors (Lipinski definition) is 3. The van der Waals surface area contributed by atoms with Crippen LogP contribution in [0.4, 0.5) is 14.9 Å². The van der Waals surface area contributed by atoms with E-state index >= 15 is 0 Å². The van der Waals surface area contributed by atoms with Gasteiger partial charge in [-0.15, -0.1) is 0 Å². The molecule has 0 aromatic heterocycles.